The molecule has 0 bridgehead atoms. The van der Waals surface area contributed by atoms with Gasteiger partial charge in [0.1, 0.15) is 10.6 Å². The lowest BCUT2D eigenvalue weighted by atomic mass is 10.1. The number of benzene rings is 1. The molecular weight excluding hydrogens is 495 g/mol. The van der Waals surface area contributed by atoms with Crippen LogP contribution in [0.1, 0.15) is 25.9 Å². The van der Waals surface area contributed by atoms with E-state index in [0.29, 0.717) is 45.2 Å². The van der Waals surface area contributed by atoms with Crippen LogP contribution >= 0.6 is 46.1 Å². The fraction of sp³-hybridized carbons (Fsp3) is 0.286. The van der Waals surface area contributed by atoms with Gasteiger partial charge in [-0.1, -0.05) is 58.3 Å². The number of amides is 1. The third kappa shape index (κ3) is 3.65. The largest absolute Gasteiger partial charge is 0.477 e. The average Bonchev–Trinajstić information content (AvgIpc) is 3.16. The Morgan fingerprint density at radius 3 is 2.38 bits per heavy atom. The van der Waals surface area contributed by atoms with Gasteiger partial charge in [0.15, 0.2) is 5.13 Å². The molecule has 0 unspecified atom stereocenters. The Morgan fingerprint density at radius 1 is 1.16 bits per heavy atom. The molecule has 166 valence electrons. The first-order valence-electron chi connectivity index (χ1n) is 9.84. The molecule has 3 atom stereocenters. The zero-order chi connectivity index (χ0) is 22.7. The maximum atomic E-state index is 12.6. The summed E-state index contributed by atoms with van der Waals surface area (Å²) in [5.74, 6) is -0.728. The van der Waals surface area contributed by atoms with Crippen molar-refractivity contribution in [3.8, 4) is 11.3 Å². The summed E-state index contributed by atoms with van der Waals surface area (Å²) in [6, 6.07) is 7.00. The van der Waals surface area contributed by atoms with Crippen molar-refractivity contribution in [3.63, 3.8) is 0 Å². The monoisotopic (exact) mass is 510 g/mol. The molecule has 2 aliphatic rings. The molecule has 7 nitrogen and oxygen atoms in total. The highest BCUT2D eigenvalue weighted by Crippen LogP contribution is 2.48. The minimum Gasteiger partial charge on any atom is -0.477 e. The molecule has 1 saturated heterocycles. The number of hydrogen-bond acceptors (Lipinski definition) is 5. The van der Waals surface area contributed by atoms with Gasteiger partial charge in [0.25, 0.3) is 5.91 Å². The number of carboxylic acids is 1. The summed E-state index contributed by atoms with van der Waals surface area (Å²) in [6.07, 6.45) is 0. The molecule has 3 N–H and O–H groups in total. The quantitative estimate of drug-likeness (QED) is 0.449. The van der Waals surface area contributed by atoms with Crippen LogP contribution in [0.2, 0.25) is 15.1 Å². The van der Waals surface area contributed by atoms with Crippen molar-refractivity contribution in [2.24, 2.45) is 11.8 Å². The number of carbonyl (C=O) groups is 2. The molecule has 0 spiro atoms. The summed E-state index contributed by atoms with van der Waals surface area (Å²) in [5.41, 5.74) is 2.07. The van der Waals surface area contributed by atoms with Gasteiger partial charge in [0.2, 0.25) is 0 Å². The molecule has 11 heteroatoms. The van der Waals surface area contributed by atoms with Crippen LogP contribution in [0.15, 0.2) is 24.3 Å². The van der Waals surface area contributed by atoms with E-state index >= 15 is 0 Å². The summed E-state index contributed by atoms with van der Waals surface area (Å²) in [4.78, 5) is 34.2. The highest BCUT2D eigenvalue weighted by atomic mass is 35.5. The van der Waals surface area contributed by atoms with Gasteiger partial charge in [0, 0.05) is 47.2 Å². The third-order valence-electron chi connectivity index (χ3n) is 5.97. The molecule has 3 heterocycles. The number of carboxylic acid groups (broad SMARTS) is 1. The van der Waals surface area contributed by atoms with Gasteiger partial charge in [-0.2, -0.15) is 0 Å². The van der Waals surface area contributed by atoms with Crippen LogP contribution in [0.5, 0.6) is 0 Å². The second-order valence-corrected chi connectivity index (χ2v) is 10.1. The number of aryl methyl sites for hydroxylation is 1. The summed E-state index contributed by atoms with van der Waals surface area (Å²) >= 11 is 19.3. The second-order valence-electron chi connectivity index (χ2n) is 7.97. The number of nitrogens with zero attached hydrogens (tertiary/aromatic N) is 2. The standard InChI is InChI=1S/C21H17Cl3N4O3S/c1-8-13(23)14(24)17(25-8)19(29)26-16-11-6-28(7-12(11)16)21-27-15(18(32-21)20(30)31)9-2-4-10(22)5-3-9/h2-5,11-12,16,25H,6-7H2,1H3,(H,26,29)(H,30,31)/t11-,12+,16-. The number of aromatic carboxylic acids is 1. The van der Waals surface area contributed by atoms with Crippen molar-refractivity contribution in [2.75, 3.05) is 18.0 Å². The van der Waals surface area contributed by atoms with Gasteiger partial charge >= 0.3 is 5.97 Å². The van der Waals surface area contributed by atoms with Crippen LogP contribution < -0.4 is 10.2 Å². The number of H-pyrrole nitrogens is 1. The number of anilines is 1. The van der Waals surface area contributed by atoms with E-state index in [4.69, 9.17) is 34.8 Å². The van der Waals surface area contributed by atoms with Crippen molar-refractivity contribution in [3.05, 3.63) is 55.6 Å². The highest BCUT2D eigenvalue weighted by Gasteiger charge is 2.57. The topological polar surface area (TPSA) is 98.3 Å². The van der Waals surface area contributed by atoms with E-state index < -0.39 is 5.97 Å². The van der Waals surface area contributed by atoms with E-state index in [-0.39, 0.29) is 39.4 Å². The van der Waals surface area contributed by atoms with Crippen LogP contribution in [-0.4, -0.2) is 46.1 Å². The average molecular weight is 512 g/mol. The third-order valence-corrected chi connectivity index (χ3v) is 8.27. The Hall–Kier alpha value is -2.26. The smallest absolute Gasteiger partial charge is 0.348 e. The number of halogens is 3. The first kappa shape index (κ1) is 21.6. The zero-order valence-electron chi connectivity index (χ0n) is 16.7. The zero-order valence-corrected chi connectivity index (χ0v) is 19.7. The van der Waals surface area contributed by atoms with Gasteiger partial charge in [-0.25, -0.2) is 9.78 Å². The van der Waals surface area contributed by atoms with Crippen molar-refractivity contribution >= 4 is 63.1 Å². The van der Waals surface area contributed by atoms with E-state index in [1.165, 1.54) is 0 Å². The number of piperidine rings is 1. The van der Waals surface area contributed by atoms with Gasteiger partial charge in [0.05, 0.1) is 15.7 Å². The lowest BCUT2D eigenvalue weighted by Gasteiger charge is -2.19. The lowest BCUT2D eigenvalue weighted by Crippen LogP contribution is -2.34. The number of rotatable bonds is 5. The van der Waals surface area contributed by atoms with E-state index in [0.717, 1.165) is 11.3 Å². The minimum absolute atomic E-state index is 0.0480. The fourth-order valence-electron chi connectivity index (χ4n) is 4.24. The van der Waals surface area contributed by atoms with E-state index in [1.807, 2.05) is 0 Å². The van der Waals surface area contributed by atoms with Gasteiger partial charge in [-0.15, -0.1) is 0 Å². The Kier molecular flexibility index (Phi) is 5.36. The van der Waals surface area contributed by atoms with E-state index in [1.54, 1.807) is 31.2 Å². The second kappa shape index (κ2) is 7.95. The minimum atomic E-state index is -1.01. The molecule has 0 radical (unpaired) electrons. The Bertz CT molecular complexity index is 1230. The van der Waals surface area contributed by atoms with Crippen LogP contribution in [-0.2, 0) is 0 Å². The number of carbonyl (C=O) groups excluding carboxylic acids is 1. The summed E-state index contributed by atoms with van der Waals surface area (Å²) in [5, 5.41) is 14.5. The molecule has 1 aliphatic heterocycles. The maximum Gasteiger partial charge on any atom is 0.348 e. The highest BCUT2D eigenvalue weighted by molar-refractivity contribution is 7.17. The molecule has 1 aromatic carbocycles. The lowest BCUT2D eigenvalue weighted by molar-refractivity contribution is 0.0702. The summed E-state index contributed by atoms with van der Waals surface area (Å²) in [7, 11) is 0. The number of hydrogen-bond donors (Lipinski definition) is 3. The number of fused-ring (bicyclic) bond motifs is 1. The predicted molar refractivity (Wildman–Crippen MR) is 126 cm³/mol. The number of thiazole rings is 1. The van der Waals surface area contributed by atoms with Crippen LogP contribution in [0.4, 0.5) is 5.13 Å². The number of aromatic amines is 1. The van der Waals surface area contributed by atoms with Crippen molar-refractivity contribution in [1.82, 2.24) is 15.3 Å². The molecular formula is C21H17Cl3N4O3S. The van der Waals surface area contributed by atoms with Gasteiger partial charge < -0.3 is 20.3 Å². The van der Waals surface area contributed by atoms with Crippen LogP contribution in [0.3, 0.4) is 0 Å². The van der Waals surface area contributed by atoms with E-state index in [9.17, 15) is 14.7 Å². The molecule has 3 aromatic rings. The van der Waals surface area contributed by atoms with Gasteiger partial charge in [-0.3, -0.25) is 4.79 Å². The van der Waals surface area contributed by atoms with Crippen LogP contribution in [0.25, 0.3) is 11.3 Å². The molecule has 2 aromatic heterocycles. The molecule has 2 fully saturated rings. The molecule has 1 amide bonds. The van der Waals surface area contributed by atoms with Crippen LogP contribution in [0, 0.1) is 18.8 Å². The Balaban J connectivity index is 1.28. The normalized spacial score (nSPS) is 21.5. The molecule has 1 saturated carbocycles. The SMILES string of the molecule is Cc1[nH]c(C(=O)N[C@@H]2[C@@H]3CN(c4nc(-c5ccc(Cl)cc5)c(C(=O)O)s4)C[C@@H]32)c(Cl)c1Cl. The van der Waals surface area contributed by atoms with Crippen molar-refractivity contribution < 1.29 is 14.7 Å². The predicted octanol–water partition coefficient (Wildman–Crippen LogP) is 4.97. The Labute approximate surface area is 202 Å². The first-order chi connectivity index (χ1) is 15.2. The molecule has 1 aliphatic carbocycles. The number of aromatic nitrogens is 2. The van der Waals surface area contributed by atoms with E-state index in [2.05, 4.69) is 20.2 Å². The summed E-state index contributed by atoms with van der Waals surface area (Å²) < 4.78 is 0. The first-order valence-corrected chi connectivity index (χ1v) is 11.8. The Morgan fingerprint density at radius 2 is 1.81 bits per heavy atom. The van der Waals surface area contributed by atoms with Crippen molar-refractivity contribution in [1.29, 1.82) is 0 Å². The fourth-order valence-corrected chi connectivity index (χ4v) is 5.73. The maximum absolute atomic E-state index is 12.6. The summed E-state index contributed by atoms with van der Waals surface area (Å²) in [6.45, 7) is 3.15. The van der Waals surface area contributed by atoms with Crippen molar-refractivity contribution in [2.45, 2.75) is 13.0 Å². The molecule has 5 rings (SSSR count). The van der Waals surface area contributed by atoms with Gasteiger partial charge in [-0.05, 0) is 19.1 Å². The number of nitrogens with one attached hydrogen (secondary N) is 2. The molecule has 32 heavy (non-hydrogen) atoms.